The van der Waals surface area contributed by atoms with Gasteiger partial charge in [-0.25, -0.2) is 9.59 Å². The number of carbonyl (C=O) groups is 3. The number of carboxylic acid groups (broad SMARTS) is 1. The standard InChI is InChI=1S/C27H32N2O5/c1-3-18(14-25(30)29-15-17(2)12-13-24(29)26(31)32)28-27(33)34-16-23-21-10-6-4-8-19(21)20-9-5-7-11-22(20)23/h4-11,17-18,23-24H,3,12-16H2,1-2H3,(H,28,33)(H,31,32)/t17?,18-,24?/m0/s1. The molecule has 2 aliphatic rings. The number of amides is 2. The largest absolute Gasteiger partial charge is 0.480 e. The number of carbonyl (C=O) groups excluding carboxylic acids is 2. The van der Waals surface area contributed by atoms with E-state index in [1.54, 1.807) is 0 Å². The molecule has 0 spiro atoms. The molecule has 0 saturated carbocycles. The molecule has 0 radical (unpaired) electrons. The number of hydrogen-bond acceptors (Lipinski definition) is 4. The highest BCUT2D eigenvalue weighted by molar-refractivity contribution is 5.84. The number of nitrogens with one attached hydrogen (secondary N) is 1. The van der Waals surface area contributed by atoms with Gasteiger partial charge in [0.2, 0.25) is 5.91 Å². The number of fused-ring (bicyclic) bond motifs is 3. The second-order valence-corrected chi connectivity index (χ2v) is 9.36. The van der Waals surface area contributed by atoms with Crippen LogP contribution >= 0.6 is 0 Å². The van der Waals surface area contributed by atoms with E-state index in [2.05, 4.69) is 29.6 Å². The number of benzene rings is 2. The van der Waals surface area contributed by atoms with Crippen molar-refractivity contribution in [3.63, 3.8) is 0 Å². The molecule has 34 heavy (non-hydrogen) atoms. The molecule has 3 atom stereocenters. The summed E-state index contributed by atoms with van der Waals surface area (Å²) in [5.41, 5.74) is 4.59. The number of nitrogens with zero attached hydrogens (tertiary/aromatic N) is 1. The van der Waals surface area contributed by atoms with E-state index >= 15 is 0 Å². The molecule has 2 unspecified atom stereocenters. The lowest BCUT2D eigenvalue weighted by atomic mass is 9.93. The van der Waals surface area contributed by atoms with Crippen LogP contribution in [0.15, 0.2) is 48.5 Å². The van der Waals surface area contributed by atoms with Crippen molar-refractivity contribution >= 4 is 18.0 Å². The van der Waals surface area contributed by atoms with Gasteiger partial charge in [0.1, 0.15) is 12.6 Å². The van der Waals surface area contributed by atoms with E-state index in [1.165, 1.54) is 4.90 Å². The normalized spacial score (nSPS) is 20.2. The van der Waals surface area contributed by atoms with Gasteiger partial charge < -0.3 is 20.1 Å². The molecule has 1 heterocycles. The van der Waals surface area contributed by atoms with Crippen LogP contribution in [0.1, 0.15) is 56.6 Å². The van der Waals surface area contributed by atoms with Gasteiger partial charge in [-0.2, -0.15) is 0 Å². The highest BCUT2D eigenvalue weighted by Gasteiger charge is 2.35. The van der Waals surface area contributed by atoms with Gasteiger partial charge in [0.15, 0.2) is 0 Å². The molecule has 0 aromatic heterocycles. The van der Waals surface area contributed by atoms with Crippen LogP contribution in [0.5, 0.6) is 0 Å². The summed E-state index contributed by atoms with van der Waals surface area (Å²) in [6.07, 6.45) is 1.27. The zero-order chi connectivity index (χ0) is 24.2. The summed E-state index contributed by atoms with van der Waals surface area (Å²) in [5.74, 6) is -0.997. The summed E-state index contributed by atoms with van der Waals surface area (Å²) in [5, 5.41) is 12.3. The molecule has 1 saturated heterocycles. The fraction of sp³-hybridized carbons (Fsp3) is 0.444. The Balaban J connectivity index is 1.36. The minimum absolute atomic E-state index is 0.0361. The molecular formula is C27H32N2O5. The number of ether oxygens (including phenoxy) is 1. The van der Waals surface area contributed by atoms with Crippen LogP contribution in [0.4, 0.5) is 4.79 Å². The number of likely N-dealkylation sites (tertiary alicyclic amines) is 1. The number of rotatable bonds is 7. The Morgan fingerprint density at radius 3 is 2.26 bits per heavy atom. The average Bonchev–Trinajstić information content (AvgIpc) is 3.15. The van der Waals surface area contributed by atoms with E-state index < -0.39 is 24.1 Å². The Kier molecular flexibility index (Phi) is 7.20. The second-order valence-electron chi connectivity index (χ2n) is 9.36. The van der Waals surface area contributed by atoms with Gasteiger partial charge in [0.05, 0.1) is 0 Å². The Morgan fingerprint density at radius 1 is 1.06 bits per heavy atom. The van der Waals surface area contributed by atoms with Crippen LogP contribution in [0.3, 0.4) is 0 Å². The zero-order valence-electron chi connectivity index (χ0n) is 19.7. The van der Waals surface area contributed by atoms with Crippen LogP contribution in [0.25, 0.3) is 11.1 Å². The van der Waals surface area contributed by atoms with Crippen LogP contribution in [0, 0.1) is 5.92 Å². The van der Waals surface area contributed by atoms with E-state index in [4.69, 9.17) is 4.74 Å². The molecule has 1 aliphatic carbocycles. The molecule has 4 rings (SSSR count). The maximum Gasteiger partial charge on any atom is 0.407 e. The molecule has 1 aliphatic heterocycles. The van der Waals surface area contributed by atoms with Crippen molar-refractivity contribution in [3.8, 4) is 11.1 Å². The number of carboxylic acids is 1. The van der Waals surface area contributed by atoms with Crippen LogP contribution in [0.2, 0.25) is 0 Å². The first-order valence-electron chi connectivity index (χ1n) is 12.0. The topological polar surface area (TPSA) is 95.9 Å². The molecular weight excluding hydrogens is 432 g/mol. The molecule has 7 nitrogen and oxygen atoms in total. The molecule has 7 heteroatoms. The van der Waals surface area contributed by atoms with Gasteiger partial charge in [0, 0.05) is 24.9 Å². The number of piperidine rings is 1. The summed E-state index contributed by atoms with van der Waals surface area (Å²) in [4.78, 5) is 38.6. The minimum Gasteiger partial charge on any atom is -0.480 e. The first-order chi connectivity index (χ1) is 16.4. The molecule has 2 aromatic carbocycles. The number of aliphatic carboxylic acids is 1. The van der Waals surface area contributed by atoms with E-state index in [0.29, 0.717) is 19.4 Å². The van der Waals surface area contributed by atoms with Gasteiger partial charge in [0.25, 0.3) is 0 Å². The van der Waals surface area contributed by atoms with Crippen molar-refractivity contribution in [2.45, 2.75) is 57.5 Å². The Morgan fingerprint density at radius 2 is 1.68 bits per heavy atom. The van der Waals surface area contributed by atoms with Crippen LogP contribution in [-0.2, 0) is 14.3 Å². The Bertz CT molecular complexity index is 1020. The third-order valence-corrected chi connectivity index (χ3v) is 7.00. The number of hydrogen-bond donors (Lipinski definition) is 2. The first-order valence-corrected chi connectivity index (χ1v) is 12.0. The molecule has 180 valence electrons. The number of alkyl carbamates (subject to hydrolysis) is 1. The van der Waals surface area contributed by atoms with Crippen molar-refractivity contribution in [1.29, 1.82) is 0 Å². The fourth-order valence-corrected chi connectivity index (χ4v) is 5.12. The van der Waals surface area contributed by atoms with Gasteiger partial charge >= 0.3 is 12.1 Å². The summed E-state index contributed by atoms with van der Waals surface area (Å²) in [7, 11) is 0. The smallest absolute Gasteiger partial charge is 0.407 e. The molecule has 2 N–H and O–H groups in total. The summed E-state index contributed by atoms with van der Waals surface area (Å²) < 4.78 is 5.61. The van der Waals surface area contributed by atoms with Gasteiger partial charge in [-0.05, 0) is 47.4 Å². The maximum absolute atomic E-state index is 12.9. The summed E-state index contributed by atoms with van der Waals surface area (Å²) in [6.45, 7) is 4.53. The average molecular weight is 465 g/mol. The minimum atomic E-state index is -0.974. The van der Waals surface area contributed by atoms with E-state index in [0.717, 1.165) is 28.7 Å². The lowest BCUT2D eigenvalue weighted by Crippen LogP contribution is -2.51. The molecule has 0 bridgehead atoms. The van der Waals surface area contributed by atoms with Crippen molar-refractivity contribution in [2.24, 2.45) is 5.92 Å². The summed E-state index contributed by atoms with van der Waals surface area (Å²) in [6, 6.07) is 15.1. The van der Waals surface area contributed by atoms with Crippen molar-refractivity contribution < 1.29 is 24.2 Å². The van der Waals surface area contributed by atoms with E-state index in [-0.39, 0.29) is 30.8 Å². The van der Waals surface area contributed by atoms with Gasteiger partial charge in [-0.3, -0.25) is 4.79 Å². The predicted octanol–water partition coefficient (Wildman–Crippen LogP) is 4.41. The van der Waals surface area contributed by atoms with E-state index in [9.17, 15) is 19.5 Å². The Hall–Kier alpha value is -3.35. The first kappa shape index (κ1) is 23.8. The predicted molar refractivity (Wildman–Crippen MR) is 128 cm³/mol. The van der Waals surface area contributed by atoms with Crippen LogP contribution < -0.4 is 5.32 Å². The monoisotopic (exact) mass is 464 g/mol. The zero-order valence-corrected chi connectivity index (χ0v) is 19.7. The fourth-order valence-electron chi connectivity index (χ4n) is 5.12. The summed E-state index contributed by atoms with van der Waals surface area (Å²) >= 11 is 0. The van der Waals surface area contributed by atoms with Crippen LogP contribution in [-0.4, -0.2) is 53.2 Å². The highest BCUT2D eigenvalue weighted by Crippen LogP contribution is 2.44. The van der Waals surface area contributed by atoms with Crippen molar-refractivity contribution in [3.05, 3.63) is 59.7 Å². The van der Waals surface area contributed by atoms with Gasteiger partial charge in [-0.15, -0.1) is 0 Å². The molecule has 2 amide bonds. The second kappa shape index (κ2) is 10.3. The van der Waals surface area contributed by atoms with Gasteiger partial charge in [-0.1, -0.05) is 62.4 Å². The van der Waals surface area contributed by atoms with Crippen molar-refractivity contribution in [1.82, 2.24) is 10.2 Å². The third-order valence-electron chi connectivity index (χ3n) is 7.00. The van der Waals surface area contributed by atoms with E-state index in [1.807, 2.05) is 38.1 Å². The maximum atomic E-state index is 12.9. The quantitative estimate of drug-likeness (QED) is 0.633. The lowest BCUT2D eigenvalue weighted by molar-refractivity contribution is -0.153. The third kappa shape index (κ3) is 4.93. The SMILES string of the molecule is CC[C@@H](CC(=O)N1CC(C)CCC1C(=O)O)NC(=O)OCC1c2ccccc2-c2ccccc21. The molecule has 1 fully saturated rings. The Labute approximate surface area is 200 Å². The van der Waals surface area contributed by atoms with Crippen molar-refractivity contribution in [2.75, 3.05) is 13.2 Å². The molecule has 2 aromatic rings. The highest BCUT2D eigenvalue weighted by atomic mass is 16.5. The lowest BCUT2D eigenvalue weighted by Gasteiger charge is -2.37.